The number of anilines is 1. The van der Waals surface area contributed by atoms with Crippen molar-refractivity contribution in [2.45, 2.75) is 38.3 Å². The topological polar surface area (TPSA) is 164 Å². The molecule has 0 bridgehead atoms. The zero-order valence-corrected chi connectivity index (χ0v) is 20.6. The lowest BCUT2D eigenvalue weighted by atomic mass is 10.1. The van der Waals surface area contributed by atoms with E-state index < -0.39 is 29.2 Å². The number of hydrogen-bond donors (Lipinski definition) is 4. The van der Waals surface area contributed by atoms with Gasteiger partial charge in [0.1, 0.15) is 23.9 Å². The highest BCUT2D eigenvalue weighted by Gasteiger charge is 2.30. The number of benzene rings is 1. The molecule has 2 aliphatic heterocycles. The fourth-order valence-corrected chi connectivity index (χ4v) is 4.32. The third-order valence-corrected chi connectivity index (χ3v) is 6.48. The number of halogens is 1. The molecule has 36 heavy (non-hydrogen) atoms. The Kier molecular flexibility index (Phi) is 8.88. The zero-order chi connectivity index (χ0) is 26.6. The predicted octanol–water partition coefficient (Wildman–Crippen LogP) is 1.07. The molecule has 2 atom stereocenters. The number of ether oxygens (including phenoxy) is 1. The number of aliphatic carboxylic acids is 1. The van der Waals surface area contributed by atoms with Crippen molar-refractivity contribution in [2.75, 3.05) is 51.3 Å². The molecule has 4 rings (SSSR count). The van der Waals surface area contributed by atoms with E-state index in [4.69, 9.17) is 21.3 Å². The predicted molar refractivity (Wildman–Crippen MR) is 134 cm³/mol. The van der Waals surface area contributed by atoms with Crippen LogP contribution in [0.25, 0.3) is 10.9 Å². The maximum Gasteiger partial charge on any atom is 0.341 e. The second-order valence-corrected chi connectivity index (χ2v) is 9.20. The van der Waals surface area contributed by atoms with Gasteiger partial charge in [-0.05, 0) is 39.4 Å². The van der Waals surface area contributed by atoms with E-state index in [9.17, 15) is 23.9 Å². The molecule has 0 saturated carbocycles. The third-order valence-electron chi connectivity index (χ3n) is 6.48. The number of likely N-dealkylation sites (N-methyl/N-ethyl adjacent to an activating group) is 1. The van der Waals surface area contributed by atoms with Crippen molar-refractivity contribution in [3.05, 3.63) is 33.9 Å². The second kappa shape index (κ2) is 11.7. The van der Waals surface area contributed by atoms with Crippen LogP contribution in [0.1, 0.15) is 42.6 Å². The lowest BCUT2D eigenvalue weighted by Gasteiger charge is -2.37. The number of carbonyl (C=O) groups is 2. The van der Waals surface area contributed by atoms with Crippen molar-refractivity contribution in [1.82, 2.24) is 9.47 Å². The molecule has 12 heteroatoms. The summed E-state index contributed by atoms with van der Waals surface area (Å²) in [6, 6.07) is 0.278. The summed E-state index contributed by atoms with van der Waals surface area (Å²) in [5, 5.41) is 17.7. The molecule has 3 heterocycles. The molecule has 11 nitrogen and oxygen atoms in total. The molecule has 0 spiro atoms. The first kappa shape index (κ1) is 27.4. The zero-order valence-electron chi connectivity index (χ0n) is 20.6. The van der Waals surface area contributed by atoms with Gasteiger partial charge in [0.25, 0.3) is 0 Å². The summed E-state index contributed by atoms with van der Waals surface area (Å²) in [4.78, 5) is 38.2. The smallest absolute Gasteiger partial charge is 0.341 e. The summed E-state index contributed by atoms with van der Waals surface area (Å²) in [5.41, 5.74) is 10.2. The van der Waals surface area contributed by atoms with Gasteiger partial charge in [-0.15, -0.1) is 0 Å². The standard InChI is InChI=1S/C18H20FN3O4.C6H14N2O2/c1-10-9-26-17-14-11(16(23)12(18(24)25)8-22(10)14)7-13(19)15(17)21-5-3-20(2)4-6-21;7-4-2-1-3-5(8)6(9)10/h7-8,10H,3-6,9H2,1-2H3,(H,24,25);5H,1-4,7-8H2,(H,9,10)/t10-;/m0./s1. The molecule has 1 saturated heterocycles. The SMILES string of the molecule is C[C@H]1COc2c(N3CCN(C)CC3)c(F)cc3c(=O)c(C(=O)O)cn1c23.NCCCCC(N)C(=O)O. The lowest BCUT2D eigenvalue weighted by molar-refractivity contribution is -0.138. The number of nitrogens with two attached hydrogens (primary N) is 2. The number of hydrogen-bond acceptors (Lipinski definition) is 8. The number of rotatable bonds is 7. The monoisotopic (exact) mass is 507 g/mol. The molecule has 1 fully saturated rings. The van der Waals surface area contributed by atoms with E-state index in [-0.39, 0.29) is 23.6 Å². The maximum atomic E-state index is 15.0. The van der Waals surface area contributed by atoms with Gasteiger partial charge in [0.05, 0.1) is 16.9 Å². The number of piperazine rings is 1. The van der Waals surface area contributed by atoms with Gasteiger partial charge in [0, 0.05) is 32.4 Å². The van der Waals surface area contributed by atoms with Gasteiger partial charge in [-0.3, -0.25) is 9.59 Å². The van der Waals surface area contributed by atoms with Crippen molar-refractivity contribution in [2.24, 2.45) is 11.5 Å². The first-order valence-electron chi connectivity index (χ1n) is 12.0. The number of nitrogens with zero attached hydrogens (tertiary/aromatic N) is 3. The largest absolute Gasteiger partial charge is 0.487 e. The van der Waals surface area contributed by atoms with Gasteiger partial charge in [-0.2, -0.15) is 0 Å². The van der Waals surface area contributed by atoms with Crippen molar-refractivity contribution in [3.63, 3.8) is 0 Å². The van der Waals surface area contributed by atoms with Crippen LogP contribution in [-0.2, 0) is 4.79 Å². The molecule has 0 amide bonds. The summed E-state index contributed by atoms with van der Waals surface area (Å²) in [6.45, 7) is 5.68. The minimum atomic E-state index is -1.32. The van der Waals surface area contributed by atoms with Crippen LogP contribution >= 0.6 is 0 Å². The summed E-state index contributed by atoms with van der Waals surface area (Å²) < 4.78 is 22.6. The maximum absolute atomic E-state index is 15.0. The highest BCUT2D eigenvalue weighted by atomic mass is 19.1. The summed E-state index contributed by atoms with van der Waals surface area (Å²) in [7, 11) is 2.02. The molecule has 2 aliphatic rings. The summed E-state index contributed by atoms with van der Waals surface area (Å²) in [6.07, 6.45) is 3.51. The first-order chi connectivity index (χ1) is 17.1. The fourth-order valence-electron chi connectivity index (χ4n) is 4.32. The van der Waals surface area contributed by atoms with E-state index in [1.807, 2.05) is 18.9 Å². The molecule has 0 aliphatic carbocycles. The summed E-state index contributed by atoms with van der Waals surface area (Å²) >= 11 is 0. The Hall–Kier alpha value is -3.22. The van der Waals surface area contributed by atoms with Gasteiger partial charge in [0.2, 0.25) is 5.43 Å². The minimum absolute atomic E-state index is 0.0434. The van der Waals surface area contributed by atoms with Crippen LogP contribution in [0.2, 0.25) is 0 Å². The minimum Gasteiger partial charge on any atom is -0.487 e. The Balaban J connectivity index is 0.000000308. The van der Waals surface area contributed by atoms with Crippen molar-refractivity contribution in [1.29, 1.82) is 0 Å². The summed E-state index contributed by atoms with van der Waals surface area (Å²) in [5.74, 6) is -2.48. The average molecular weight is 508 g/mol. The number of unbranched alkanes of at least 4 members (excludes halogenated alkanes) is 1. The first-order valence-corrected chi connectivity index (χ1v) is 12.0. The van der Waals surface area contributed by atoms with E-state index in [0.29, 0.717) is 43.0 Å². The number of aromatic nitrogens is 1. The Bertz CT molecular complexity index is 1180. The van der Waals surface area contributed by atoms with E-state index in [0.717, 1.165) is 32.0 Å². The normalized spacial score (nSPS) is 18.2. The quantitative estimate of drug-likeness (QED) is 0.398. The van der Waals surface area contributed by atoms with E-state index >= 15 is 0 Å². The van der Waals surface area contributed by atoms with Crippen LogP contribution in [-0.4, -0.2) is 84.0 Å². The van der Waals surface area contributed by atoms with Gasteiger partial charge in [-0.1, -0.05) is 6.42 Å². The molecule has 2 aromatic rings. The number of carboxylic acid groups (broad SMARTS) is 2. The van der Waals surface area contributed by atoms with Crippen molar-refractivity contribution < 1.29 is 28.9 Å². The molecule has 6 N–H and O–H groups in total. The van der Waals surface area contributed by atoms with Crippen LogP contribution in [0.5, 0.6) is 5.75 Å². The van der Waals surface area contributed by atoms with Gasteiger partial charge in [0.15, 0.2) is 11.6 Å². The fraction of sp³-hybridized carbons (Fsp3) is 0.542. The highest BCUT2D eigenvalue weighted by Crippen LogP contribution is 2.42. The molecule has 1 aromatic carbocycles. The molecule has 1 aromatic heterocycles. The van der Waals surface area contributed by atoms with Gasteiger partial charge in [-0.25, -0.2) is 9.18 Å². The van der Waals surface area contributed by atoms with Crippen LogP contribution in [0.15, 0.2) is 17.1 Å². The number of pyridine rings is 1. The molecule has 198 valence electrons. The Morgan fingerprint density at radius 2 is 1.89 bits per heavy atom. The Morgan fingerprint density at radius 3 is 2.47 bits per heavy atom. The van der Waals surface area contributed by atoms with Crippen LogP contribution in [0, 0.1) is 5.82 Å². The van der Waals surface area contributed by atoms with E-state index in [1.54, 1.807) is 4.57 Å². The lowest BCUT2D eigenvalue weighted by Crippen LogP contribution is -2.45. The van der Waals surface area contributed by atoms with Crippen LogP contribution in [0.3, 0.4) is 0 Å². The van der Waals surface area contributed by atoms with Gasteiger partial charge >= 0.3 is 11.9 Å². The highest BCUT2D eigenvalue weighted by molar-refractivity contribution is 5.97. The molecular weight excluding hydrogens is 473 g/mol. The van der Waals surface area contributed by atoms with Crippen LogP contribution in [0.4, 0.5) is 10.1 Å². The van der Waals surface area contributed by atoms with Crippen molar-refractivity contribution >= 4 is 28.5 Å². The van der Waals surface area contributed by atoms with Crippen molar-refractivity contribution in [3.8, 4) is 5.75 Å². The third kappa shape index (κ3) is 5.77. The number of carboxylic acids is 2. The second-order valence-electron chi connectivity index (χ2n) is 9.20. The molecule has 0 radical (unpaired) electrons. The Labute approximate surface area is 208 Å². The van der Waals surface area contributed by atoms with E-state index in [1.165, 1.54) is 6.20 Å². The van der Waals surface area contributed by atoms with Crippen LogP contribution < -0.4 is 26.5 Å². The van der Waals surface area contributed by atoms with Gasteiger partial charge < -0.3 is 40.8 Å². The Morgan fingerprint density at radius 1 is 1.22 bits per heavy atom. The average Bonchev–Trinajstić information content (AvgIpc) is 2.83. The van der Waals surface area contributed by atoms with E-state index in [2.05, 4.69) is 4.90 Å². The molecular formula is C24H34FN5O6. The molecule has 1 unspecified atom stereocenters. The number of aromatic carboxylic acids is 1.